The molecule has 2 aromatic carbocycles. The van der Waals surface area contributed by atoms with E-state index in [0.717, 1.165) is 24.0 Å². The van der Waals surface area contributed by atoms with Gasteiger partial charge in [0.1, 0.15) is 6.54 Å². The van der Waals surface area contributed by atoms with Crippen molar-refractivity contribution >= 4 is 27.5 Å². The van der Waals surface area contributed by atoms with Crippen LogP contribution in [0.25, 0.3) is 0 Å². The van der Waals surface area contributed by atoms with Gasteiger partial charge in [-0.3, -0.25) is 9.59 Å². The minimum atomic E-state index is -3.67. The molecule has 34 heavy (non-hydrogen) atoms. The third kappa shape index (κ3) is 5.84. The molecule has 0 aliphatic carbocycles. The molecule has 1 N–H and O–H groups in total. The van der Waals surface area contributed by atoms with Crippen LogP contribution in [0.1, 0.15) is 39.9 Å². The molecule has 0 saturated carbocycles. The number of aryl methyl sites for hydroxylation is 2. The number of benzene rings is 2. The number of hydrogen-bond acceptors (Lipinski definition) is 5. The third-order valence-corrected chi connectivity index (χ3v) is 8.10. The summed E-state index contributed by atoms with van der Waals surface area (Å²) in [6.07, 6.45) is 1.66. The average Bonchev–Trinajstić information content (AvgIpc) is 3.35. The molecular weight excluding hydrogens is 454 g/mol. The Morgan fingerprint density at radius 3 is 2.44 bits per heavy atom. The fraction of sp³-hybridized carbons (Fsp3) is 0.440. The summed E-state index contributed by atoms with van der Waals surface area (Å²) in [6.45, 7) is 6.86. The number of ether oxygens (including phenoxy) is 1. The van der Waals surface area contributed by atoms with E-state index in [1.54, 1.807) is 13.0 Å². The van der Waals surface area contributed by atoms with Crippen LogP contribution in [-0.4, -0.2) is 69.3 Å². The van der Waals surface area contributed by atoms with E-state index in [1.165, 1.54) is 28.4 Å². The van der Waals surface area contributed by atoms with E-state index in [0.29, 0.717) is 24.3 Å². The molecule has 0 aromatic heterocycles. The van der Waals surface area contributed by atoms with E-state index >= 15 is 0 Å². The Bertz CT molecular complexity index is 1160. The lowest BCUT2D eigenvalue weighted by atomic mass is 10.1. The highest BCUT2D eigenvalue weighted by Crippen LogP contribution is 2.24. The molecule has 1 saturated heterocycles. The van der Waals surface area contributed by atoms with Crippen LogP contribution in [0.2, 0.25) is 0 Å². The second-order valence-electron chi connectivity index (χ2n) is 8.60. The Labute approximate surface area is 201 Å². The van der Waals surface area contributed by atoms with Gasteiger partial charge in [0.25, 0.3) is 5.91 Å². The number of nitrogens with zero attached hydrogens (tertiary/aromatic N) is 2. The van der Waals surface area contributed by atoms with Gasteiger partial charge in [-0.15, -0.1) is 0 Å². The zero-order valence-corrected chi connectivity index (χ0v) is 21.1. The van der Waals surface area contributed by atoms with Crippen molar-refractivity contribution in [2.45, 2.75) is 38.5 Å². The number of hydrogen-bond donors (Lipinski definition) is 1. The molecule has 0 atom stereocenters. The highest BCUT2D eigenvalue weighted by atomic mass is 32.2. The summed E-state index contributed by atoms with van der Waals surface area (Å²) >= 11 is 0. The van der Waals surface area contributed by atoms with Crippen molar-refractivity contribution in [2.24, 2.45) is 0 Å². The number of amides is 2. The van der Waals surface area contributed by atoms with Crippen LogP contribution in [0.5, 0.6) is 0 Å². The maximum atomic E-state index is 13.5. The van der Waals surface area contributed by atoms with Crippen LogP contribution in [0.15, 0.2) is 41.3 Å². The van der Waals surface area contributed by atoms with E-state index in [4.69, 9.17) is 4.74 Å². The standard InChI is InChI=1S/C25H33N3O5S/c1-18-8-7-9-23(20(18)3)26-24(29)17-27(14-15-33-4)25(30)22-16-21(11-10-19(22)2)34(31,32)28-12-5-6-13-28/h7-11,16H,5-6,12-15,17H2,1-4H3,(H,26,29). The molecular formula is C25H33N3O5S. The number of carbonyl (C=O) groups excluding carboxylic acids is 2. The summed E-state index contributed by atoms with van der Waals surface area (Å²) in [6, 6.07) is 10.2. The number of rotatable bonds is 9. The summed E-state index contributed by atoms with van der Waals surface area (Å²) in [7, 11) is -2.15. The fourth-order valence-corrected chi connectivity index (χ4v) is 5.49. The Hall–Kier alpha value is -2.75. The SMILES string of the molecule is COCCN(CC(=O)Nc1cccc(C)c1C)C(=O)c1cc(S(=O)(=O)N2CCCC2)ccc1C. The Morgan fingerprint density at radius 2 is 1.76 bits per heavy atom. The van der Waals surface area contributed by atoms with Crippen LogP contribution >= 0.6 is 0 Å². The van der Waals surface area contributed by atoms with Crippen LogP contribution in [0.3, 0.4) is 0 Å². The van der Waals surface area contributed by atoms with E-state index in [9.17, 15) is 18.0 Å². The predicted molar refractivity (Wildman–Crippen MR) is 131 cm³/mol. The number of anilines is 1. The van der Waals surface area contributed by atoms with Gasteiger partial charge in [-0.25, -0.2) is 8.42 Å². The number of nitrogens with one attached hydrogen (secondary N) is 1. The van der Waals surface area contributed by atoms with E-state index < -0.39 is 15.9 Å². The Morgan fingerprint density at radius 1 is 1.06 bits per heavy atom. The van der Waals surface area contributed by atoms with Gasteiger partial charge in [-0.2, -0.15) is 4.31 Å². The monoisotopic (exact) mass is 487 g/mol. The lowest BCUT2D eigenvalue weighted by Crippen LogP contribution is -2.40. The van der Waals surface area contributed by atoms with Crippen molar-refractivity contribution in [3.63, 3.8) is 0 Å². The lowest BCUT2D eigenvalue weighted by molar-refractivity contribution is -0.117. The van der Waals surface area contributed by atoms with Crippen molar-refractivity contribution in [1.82, 2.24) is 9.21 Å². The topological polar surface area (TPSA) is 96.0 Å². The van der Waals surface area contributed by atoms with Gasteiger partial charge in [0.2, 0.25) is 15.9 Å². The van der Waals surface area contributed by atoms with Crippen molar-refractivity contribution in [3.8, 4) is 0 Å². The Kier molecular flexibility index (Phi) is 8.46. The molecule has 184 valence electrons. The Balaban J connectivity index is 1.84. The molecule has 2 amide bonds. The maximum Gasteiger partial charge on any atom is 0.254 e. The molecule has 9 heteroatoms. The first-order valence-electron chi connectivity index (χ1n) is 11.4. The summed E-state index contributed by atoms with van der Waals surface area (Å²) in [4.78, 5) is 27.8. The summed E-state index contributed by atoms with van der Waals surface area (Å²) in [5.41, 5.74) is 3.61. The second kappa shape index (κ2) is 11.1. The highest BCUT2D eigenvalue weighted by Gasteiger charge is 2.29. The first-order valence-corrected chi connectivity index (χ1v) is 12.8. The minimum absolute atomic E-state index is 0.0925. The molecule has 1 fully saturated rings. The van der Waals surface area contributed by atoms with Crippen LogP contribution in [-0.2, 0) is 19.6 Å². The predicted octanol–water partition coefficient (Wildman–Crippen LogP) is 3.12. The van der Waals surface area contributed by atoms with Crippen molar-refractivity contribution in [2.75, 3.05) is 45.2 Å². The van der Waals surface area contributed by atoms with Crippen molar-refractivity contribution < 1.29 is 22.7 Å². The maximum absolute atomic E-state index is 13.5. The largest absolute Gasteiger partial charge is 0.383 e. The minimum Gasteiger partial charge on any atom is -0.383 e. The van der Waals surface area contributed by atoms with Gasteiger partial charge >= 0.3 is 0 Å². The average molecular weight is 488 g/mol. The molecule has 8 nitrogen and oxygen atoms in total. The van der Waals surface area contributed by atoms with Gasteiger partial charge in [0, 0.05) is 38.0 Å². The zero-order chi connectivity index (χ0) is 24.9. The lowest BCUT2D eigenvalue weighted by Gasteiger charge is -2.24. The van der Waals surface area contributed by atoms with Gasteiger partial charge in [-0.05, 0) is 68.5 Å². The molecule has 3 rings (SSSR count). The summed E-state index contributed by atoms with van der Waals surface area (Å²) in [5.74, 6) is -0.749. The number of sulfonamides is 1. The molecule has 1 aliphatic rings. The zero-order valence-electron chi connectivity index (χ0n) is 20.3. The van der Waals surface area contributed by atoms with E-state index in [2.05, 4.69) is 5.32 Å². The highest BCUT2D eigenvalue weighted by molar-refractivity contribution is 7.89. The molecule has 0 spiro atoms. The fourth-order valence-electron chi connectivity index (χ4n) is 3.94. The van der Waals surface area contributed by atoms with Gasteiger partial charge in [0.05, 0.1) is 11.5 Å². The summed E-state index contributed by atoms with van der Waals surface area (Å²) < 4.78 is 32.6. The first kappa shape index (κ1) is 25.9. The first-order chi connectivity index (χ1) is 16.1. The van der Waals surface area contributed by atoms with Crippen molar-refractivity contribution in [1.29, 1.82) is 0 Å². The van der Waals surface area contributed by atoms with Crippen LogP contribution in [0, 0.1) is 20.8 Å². The van der Waals surface area contributed by atoms with Crippen molar-refractivity contribution in [3.05, 3.63) is 58.7 Å². The quantitative estimate of drug-likeness (QED) is 0.586. The van der Waals surface area contributed by atoms with E-state index in [1.807, 2.05) is 32.0 Å². The summed E-state index contributed by atoms with van der Waals surface area (Å²) in [5, 5.41) is 2.88. The van der Waals surface area contributed by atoms with Gasteiger partial charge < -0.3 is 15.0 Å². The second-order valence-corrected chi connectivity index (χ2v) is 10.5. The molecule has 0 radical (unpaired) electrons. The molecule has 0 unspecified atom stereocenters. The van der Waals surface area contributed by atoms with E-state index in [-0.39, 0.29) is 36.1 Å². The van der Waals surface area contributed by atoms with Crippen LogP contribution in [0.4, 0.5) is 5.69 Å². The normalized spacial score (nSPS) is 14.2. The molecule has 2 aromatic rings. The van der Waals surface area contributed by atoms with Crippen LogP contribution < -0.4 is 5.32 Å². The number of carbonyl (C=O) groups is 2. The van der Waals surface area contributed by atoms with Gasteiger partial charge in [0.15, 0.2) is 0 Å². The molecule has 0 bridgehead atoms. The van der Waals surface area contributed by atoms with Gasteiger partial charge in [-0.1, -0.05) is 18.2 Å². The smallest absolute Gasteiger partial charge is 0.254 e. The molecule has 1 aliphatic heterocycles. The number of methoxy groups -OCH3 is 1. The third-order valence-electron chi connectivity index (χ3n) is 6.21. The molecule has 1 heterocycles.